The van der Waals surface area contributed by atoms with Crippen LogP contribution in [0.2, 0.25) is 0 Å². The number of hydrogen-bond acceptors (Lipinski definition) is 7. The number of fused-ring (bicyclic) bond motifs is 2. The average molecular weight is 401 g/mol. The first-order valence-electron chi connectivity index (χ1n) is 9.20. The summed E-state index contributed by atoms with van der Waals surface area (Å²) < 4.78 is 25.4. The van der Waals surface area contributed by atoms with Gasteiger partial charge in [-0.25, -0.2) is 9.37 Å². The lowest BCUT2D eigenvalue weighted by Crippen LogP contribution is -2.25. The smallest absolute Gasteiger partial charge is 0.414 e. The molecule has 152 valence electrons. The second kappa shape index (κ2) is 7.63. The van der Waals surface area contributed by atoms with Crippen LogP contribution in [0.25, 0.3) is 11.5 Å². The van der Waals surface area contributed by atoms with E-state index in [2.05, 4.69) is 21.9 Å². The second-order valence-electron chi connectivity index (χ2n) is 7.10. The number of likely N-dealkylation sites (N-methyl/N-ethyl adjacent to an activating group) is 1. The van der Waals surface area contributed by atoms with Crippen LogP contribution in [-0.4, -0.2) is 44.1 Å². The van der Waals surface area contributed by atoms with Crippen LogP contribution in [0.1, 0.15) is 18.4 Å². The van der Waals surface area contributed by atoms with Crippen molar-refractivity contribution in [2.75, 3.05) is 13.6 Å². The predicted molar refractivity (Wildman–Crippen MR) is 101 cm³/mol. The largest absolute Gasteiger partial charge is 0.441 e. The molecule has 0 amide bonds. The molecule has 0 spiro atoms. The summed E-state index contributed by atoms with van der Waals surface area (Å²) in [5.41, 5.74) is 1.85. The van der Waals surface area contributed by atoms with Crippen molar-refractivity contribution in [3.63, 3.8) is 0 Å². The van der Waals surface area contributed by atoms with Gasteiger partial charge in [-0.15, -0.1) is 0 Å². The van der Waals surface area contributed by atoms with Crippen LogP contribution in [0.15, 0.2) is 34.9 Å². The lowest BCUT2D eigenvalue weighted by molar-refractivity contribution is -0.389. The molecular formula is C19H20FN5O4. The Morgan fingerprint density at radius 2 is 2.03 bits per heavy atom. The van der Waals surface area contributed by atoms with Crippen molar-refractivity contribution >= 4 is 5.82 Å². The summed E-state index contributed by atoms with van der Waals surface area (Å²) in [6.07, 6.45) is 2.36. The van der Waals surface area contributed by atoms with Crippen LogP contribution in [0.3, 0.4) is 0 Å². The maximum Gasteiger partial charge on any atom is 0.414 e. The highest BCUT2D eigenvalue weighted by Gasteiger charge is 2.28. The van der Waals surface area contributed by atoms with Gasteiger partial charge in [0.05, 0.1) is 18.8 Å². The standard InChI is InChI=1S/C13H13FN2O.C6H7N3O3/c1-16-7-6-11-12(8-16)17-13(15-11)9-2-4-10(14)5-3-9;1-4-2-8-3-5(9(10)11)7-6(8)12-4/h2-5H,6-8H2,1H3;3-4H,2H2,1H3. The SMILES string of the molecule is CC1Cn2cc([N+](=O)[O-])nc2O1.CN1CCc2nc(-c3ccc(F)cc3)oc2C1. The minimum absolute atomic E-state index is 0.0632. The van der Waals surface area contributed by atoms with E-state index < -0.39 is 4.92 Å². The van der Waals surface area contributed by atoms with E-state index in [4.69, 9.17) is 9.15 Å². The van der Waals surface area contributed by atoms with E-state index >= 15 is 0 Å². The molecule has 29 heavy (non-hydrogen) atoms. The number of benzene rings is 1. The van der Waals surface area contributed by atoms with E-state index in [1.54, 1.807) is 16.7 Å². The Morgan fingerprint density at radius 3 is 2.72 bits per heavy atom. The van der Waals surface area contributed by atoms with Gasteiger partial charge in [0, 0.05) is 23.5 Å². The number of imidazole rings is 1. The van der Waals surface area contributed by atoms with Crippen molar-refractivity contribution < 1.29 is 18.5 Å². The monoisotopic (exact) mass is 401 g/mol. The van der Waals surface area contributed by atoms with Crippen molar-refractivity contribution in [3.05, 3.63) is 57.8 Å². The van der Waals surface area contributed by atoms with E-state index in [0.29, 0.717) is 18.4 Å². The van der Waals surface area contributed by atoms with Crippen molar-refractivity contribution in [1.82, 2.24) is 19.4 Å². The fraction of sp³-hybridized carbons (Fsp3) is 0.368. The maximum atomic E-state index is 12.8. The summed E-state index contributed by atoms with van der Waals surface area (Å²) >= 11 is 0. The highest BCUT2D eigenvalue weighted by Crippen LogP contribution is 2.26. The fourth-order valence-electron chi connectivity index (χ4n) is 3.23. The summed E-state index contributed by atoms with van der Waals surface area (Å²) in [7, 11) is 2.06. The fourth-order valence-corrected chi connectivity index (χ4v) is 3.23. The van der Waals surface area contributed by atoms with Crippen LogP contribution in [0.4, 0.5) is 10.2 Å². The maximum absolute atomic E-state index is 12.8. The highest BCUT2D eigenvalue weighted by atomic mass is 19.1. The quantitative estimate of drug-likeness (QED) is 0.481. The molecule has 0 bridgehead atoms. The zero-order chi connectivity index (χ0) is 20.5. The van der Waals surface area contributed by atoms with Gasteiger partial charge < -0.3 is 19.3 Å². The van der Waals surface area contributed by atoms with Gasteiger partial charge in [-0.05, 0) is 43.2 Å². The van der Waals surface area contributed by atoms with Gasteiger partial charge in [-0.1, -0.05) is 0 Å². The molecule has 1 atom stereocenters. The molecule has 5 rings (SSSR count). The van der Waals surface area contributed by atoms with E-state index in [0.717, 1.165) is 36.5 Å². The Kier molecular flexibility index (Phi) is 5.01. The minimum Gasteiger partial charge on any atom is -0.441 e. The van der Waals surface area contributed by atoms with Gasteiger partial charge in [-0.3, -0.25) is 9.47 Å². The molecule has 10 heteroatoms. The Balaban J connectivity index is 0.000000150. The van der Waals surface area contributed by atoms with Crippen LogP contribution in [-0.2, 0) is 19.5 Å². The normalized spacial score (nSPS) is 17.7. The van der Waals surface area contributed by atoms with Crippen LogP contribution < -0.4 is 4.74 Å². The number of hydrogen-bond donors (Lipinski definition) is 0. The molecule has 0 saturated heterocycles. The third kappa shape index (κ3) is 4.11. The molecule has 2 aliphatic heterocycles. The zero-order valence-corrected chi connectivity index (χ0v) is 16.0. The van der Waals surface area contributed by atoms with Crippen molar-refractivity contribution in [1.29, 1.82) is 0 Å². The molecule has 4 heterocycles. The number of aromatic nitrogens is 3. The minimum atomic E-state index is -0.528. The van der Waals surface area contributed by atoms with E-state index in [9.17, 15) is 14.5 Å². The number of nitro groups is 1. The Morgan fingerprint density at radius 1 is 1.28 bits per heavy atom. The molecule has 1 unspecified atom stereocenters. The van der Waals surface area contributed by atoms with Gasteiger partial charge in [-0.2, -0.15) is 0 Å². The summed E-state index contributed by atoms with van der Waals surface area (Å²) in [4.78, 5) is 20.1. The molecule has 1 aromatic carbocycles. The summed E-state index contributed by atoms with van der Waals surface area (Å²) in [6, 6.07) is 6.57. The molecule has 2 aliphatic rings. The lowest BCUT2D eigenvalue weighted by Gasteiger charge is -2.19. The molecule has 0 radical (unpaired) electrons. The Labute approximate surface area is 165 Å². The molecule has 2 aromatic heterocycles. The lowest BCUT2D eigenvalue weighted by atomic mass is 10.2. The van der Waals surface area contributed by atoms with Gasteiger partial charge in [0.2, 0.25) is 5.89 Å². The first-order valence-corrected chi connectivity index (χ1v) is 9.20. The molecule has 0 fully saturated rings. The van der Waals surface area contributed by atoms with Crippen LogP contribution >= 0.6 is 0 Å². The Bertz CT molecular complexity index is 1010. The van der Waals surface area contributed by atoms with Crippen molar-refractivity contribution in [3.8, 4) is 17.5 Å². The highest BCUT2D eigenvalue weighted by molar-refractivity contribution is 5.53. The summed E-state index contributed by atoms with van der Waals surface area (Å²) in [6.45, 7) is 4.32. The third-order valence-electron chi connectivity index (χ3n) is 4.69. The van der Waals surface area contributed by atoms with E-state index in [-0.39, 0.29) is 17.7 Å². The zero-order valence-electron chi connectivity index (χ0n) is 16.0. The first-order chi connectivity index (χ1) is 13.9. The topological polar surface area (TPSA) is 99.5 Å². The number of ether oxygens (including phenoxy) is 1. The average Bonchev–Trinajstić information content (AvgIpc) is 3.35. The third-order valence-corrected chi connectivity index (χ3v) is 4.69. The molecule has 3 aromatic rings. The summed E-state index contributed by atoms with van der Waals surface area (Å²) in [5.74, 6) is 1.12. The molecule has 9 nitrogen and oxygen atoms in total. The Hall–Kier alpha value is -3.27. The van der Waals surface area contributed by atoms with Gasteiger partial charge >= 0.3 is 11.8 Å². The number of nitrogens with zero attached hydrogens (tertiary/aromatic N) is 5. The molecule has 0 saturated carbocycles. The van der Waals surface area contributed by atoms with Crippen molar-refractivity contribution in [2.45, 2.75) is 32.5 Å². The number of oxazole rings is 1. The van der Waals surface area contributed by atoms with Crippen LogP contribution in [0, 0.1) is 15.9 Å². The first kappa shape index (κ1) is 19.1. The summed E-state index contributed by atoms with van der Waals surface area (Å²) in [5, 5.41) is 10.3. The van der Waals surface area contributed by atoms with Gasteiger partial charge in [0.1, 0.15) is 23.9 Å². The van der Waals surface area contributed by atoms with Gasteiger partial charge in [0.25, 0.3) is 0 Å². The van der Waals surface area contributed by atoms with Gasteiger partial charge in [0.15, 0.2) is 0 Å². The molecular weight excluding hydrogens is 381 g/mol. The predicted octanol–water partition coefficient (Wildman–Crippen LogP) is 3.04. The number of halogens is 1. The van der Waals surface area contributed by atoms with Crippen molar-refractivity contribution in [2.24, 2.45) is 0 Å². The number of rotatable bonds is 2. The second-order valence-corrected chi connectivity index (χ2v) is 7.10. The molecule has 0 N–H and O–H groups in total. The molecule has 0 aliphatic carbocycles. The van der Waals surface area contributed by atoms with E-state index in [1.807, 2.05) is 6.92 Å². The van der Waals surface area contributed by atoms with Crippen LogP contribution in [0.5, 0.6) is 6.01 Å². The van der Waals surface area contributed by atoms with E-state index in [1.165, 1.54) is 18.3 Å².